The average Bonchev–Trinajstić information content (AvgIpc) is 3.21. The molecule has 2 aromatic heterocycles. The van der Waals surface area contributed by atoms with E-state index >= 15 is 0 Å². The van der Waals surface area contributed by atoms with Gasteiger partial charge in [-0.2, -0.15) is 0 Å². The van der Waals surface area contributed by atoms with Crippen molar-refractivity contribution in [1.29, 1.82) is 0 Å². The van der Waals surface area contributed by atoms with Crippen molar-refractivity contribution in [3.8, 4) is 5.69 Å². The van der Waals surface area contributed by atoms with E-state index in [1.54, 1.807) is 35.2 Å². The number of nitrogens with zero attached hydrogens (tertiary/aromatic N) is 2. The number of furan rings is 1. The molecule has 0 fully saturated rings. The molecule has 1 N–H and O–H groups in total. The zero-order valence-corrected chi connectivity index (χ0v) is 14.7. The number of carbonyl (C=O) groups is 1. The lowest BCUT2D eigenvalue weighted by atomic mass is 10.3. The third-order valence-electron chi connectivity index (χ3n) is 2.97. The molecule has 24 heavy (non-hydrogen) atoms. The third kappa shape index (κ3) is 4.31. The number of nitrogens with one attached hydrogen (secondary N) is 1. The van der Waals surface area contributed by atoms with Crippen molar-refractivity contribution in [2.75, 3.05) is 5.75 Å². The Morgan fingerprint density at radius 3 is 2.88 bits per heavy atom. The van der Waals surface area contributed by atoms with E-state index in [0.717, 1.165) is 0 Å². The smallest absolute Gasteiger partial charge is 0.230 e. The van der Waals surface area contributed by atoms with Gasteiger partial charge in [0.05, 0.1) is 24.2 Å². The van der Waals surface area contributed by atoms with Crippen LogP contribution < -0.4 is 5.32 Å². The van der Waals surface area contributed by atoms with Gasteiger partial charge in [-0.25, -0.2) is 9.07 Å². The van der Waals surface area contributed by atoms with Gasteiger partial charge >= 0.3 is 0 Å². The van der Waals surface area contributed by atoms with Crippen molar-refractivity contribution in [3.05, 3.63) is 58.2 Å². The van der Waals surface area contributed by atoms with Crippen LogP contribution in [0.15, 0.2) is 51.4 Å². The lowest BCUT2D eigenvalue weighted by Gasteiger charge is -2.02. The number of benzene rings is 1. The van der Waals surface area contributed by atoms with Crippen molar-refractivity contribution in [2.45, 2.75) is 10.9 Å². The fourth-order valence-corrected chi connectivity index (χ4v) is 4.03. The predicted octanol–water partition coefficient (Wildman–Crippen LogP) is 3.80. The van der Waals surface area contributed by atoms with E-state index in [-0.39, 0.29) is 17.5 Å². The Hall–Kier alpha value is -1.97. The normalized spacial score (nSPS) is 10.7. The first-order valence-corrected chi connectivity index (χ1v) is 9.11. The Kier molecular flexibility index (Phi) is 5.44. The number of amides is 1. The fourth-order valence-electron chi connectivity index (χ4n) is 1.84. The zero-order chi connectivity index (χ0) is 16.9. The van der Waals surface area contributed by atoms with Gasteiger partial charge in [-0.1, -0.05) is 23.1 Å². The van der Waals surface area contributed by atoms with Crippen molar-refractivity contribution < 1.29 is 13.6 Å². The minimum atomic E-state index is -0.316. The summed E-state index contributed by atoms with van der Waals surface area (Å²) in [5, 5.41) is 7.13. The summed E-state index contributed by atoms with van der Waals surface area (Å²) in [6.45, 7) is 0.353. The molecule has 0 aliphatic rings. The first-order valence-electron chi connectivity index (χ1n) is 6.90. The molecule has 3 rings (SSSR count). The lowest BCUT2D eigenvalue weighted by Crippen LogP contribution is -2.24. The molecule has 0 unspecified atom stereocenters. The van der Waals surface area contributed by atoms with Gasteiger partial charge in [0, 0.05) is 0 Å². The van der Waals surface area contributed by atoms with Crippen molar-refractivity contribution in [1.82, 2.24) is 15.1 Å². The van der Waals surface area contributed by atoms with E-state index in [9.17, 15) is 9.18 Å². The minimum Gasteiger partial charge on any atom is -0.467 e. The number of halogens is 1. The molecule has 0 saturated heterocycles. The molecule has 0 saturated carbocycles. The van der Waals surface area contributed by atoms with Crippen molar-refractivity contribution in [2.24, 2.45) is 0 Å². The van der Waals surface area contributed by atoms with Crippen molar-refractivity contribution >= 4 is 41.2 Å². The molecular weight excluding hydrogens is 369 g/mol. The predicted molar refractivity (Wildman–Crippen MR) is 93.5 cm³/mol. The van der Waals surface area contributed by atoms with Crippen LogP contribution in [0.4, 0.5) is 4.39 Å². The highest BCUT2D eigenvalue weighted by molar-refractivity contribution is 8.01. The Morgan fingerprint density at radius 1 is 1.38 bits per heavy atom. The van der Waals surface area contributed by atoms with Crippen LogP contribution >= 0.6 is 35.3 Å². The van der Waals surface area contributed by atoms with Gasteiger partial charge in [0.25, 0.3) is 0 Å². The number of hydrogen-bond acceptors (Lipinski definition) is 6. The molecule has 2 heterocycles. The van der Waals surface area contributed by atoms with Gasteiger partial charge in [-0.3, -0.25) is 4.79 Å². The van der Waals surface area contributed by atoms with E-state index in [1.165, 1.54) is 35.2 Å². The van der Waals surface area contributed by atoms with E-state index in [4.69, 9.17) is 16.6 Å². The first kappa shape index (κ1) is 16.9. The average molecular weight is 381 g/mol. The standard InChI is InChI=1S/C15H12FN3O2S3/c16-10-3-5-11(6-4-10)19-15(22)24-14(18-19)23-9-13(20)17-8-12-2-1-7-21-12/h1-7H,8-9H2,(H,17,20). The number of thioether (sulfide) groups is 1. The summed E-state index contributed by atoms with van der Waals surface area (Å²) in [6.07, 6.45) is 1.56. The summed E-state index contributed by atoms with van der Waals surface area (Å²) < 4.78 is 20.9. The van der Waals surface area contributed by atoms with Crippen LogP contribution in [0.3, 0.4) is 0 Å². The molecule has 0 bridgehead atoms. The quantitative estimate of drug-likeness (QED) is 0.520. The minimum absolute atomic E-state index is 0.120. The van der Waals surface area contributed by atoms with Crippen molar-refractivity contribution in [3.63, 3.8) is 0 Å². The molecule has 9 heteroatoms. The van der Waals surface area contributed by atoms with E-state index < -0.39 is 0 Å². The van der Waals surface area contributed by atoms with E-state index in [1.807, 2.05) is 0 Å². The largest absolute Gasteiger partial charge is 0.467 e. The first-order chi connectivity index (χ1) is 11.6. The van der Waals surface area contributed by atoms with Gasteiger partial charge in [0.1, 0.15) is 11.6 Å². The maximum Gasteiger partial charge on any atom is 0.230 e. The zero-order valence-electron chi connectivity index (χ0n) is 12.3. The Labute approximate surface area is 150 Å². The summed E-state index contributed by atoms with van der Waals surface area (Å²) in [6, 6.07) is 9.48. The van der Waals surface area contributed by atoms with Gasteiger partial charge in [-0.05, 0) is 48.6 Å². The Balaban J connectivity index is 1.58. The topological polar surface area (TPSA) is 60.1 Å². The number of hydrogen-bond donors (Lipinski definition) is 1. The maximum atomic E-state index is 13.0. The molecule has 124 valence electrons. The highest BCUT2D eigenvalue weighted by atomic mass is 32.2. The molecule has 5 nitrogen and oxygen atoms in total. The molecule has 3 aromatic rings. The fraction of sp³-hybridized carbons (Fsp3) is 0.133. The number of aromatic nitrogens is 2. The van der Waals surface area contributed by atoms with Gasteiger partial charge < -0.3 is 9.73 Å². The molecule has 1 amide bonds. The SMILES string of the molecule is O=C(CSc1nn(-c2ccc(F)cc2)c(=S)s1)NCc1ccco1. The molecule has 0 atom stereocenters. The second-order valence-electron chi connectivity index (χ2n) is 4.67. The maximum absolute atomic E-state index is 13.0. The van der Waals surface area contributed by atoms with Gasteiger partial charge in [0.2, 0.25) is 5.91 Å². The van der Waals surface area contributed by atoms with Crippen LogP contribution in [0.1, 0.15) is 5.76 Å². The Bertz CT molecular complexity index is 872. The van der Waals surface area contributed by atoms with Crippen LogP contribution in [-0.2, 0) is 11.3 Å². The Morgan fingerprint density at radius 2 is 2.17 bits per heavy atom. The highest BCUT2D eigenvalue weighted by Gasteiger charge is 2.09. The number of rotatable bonds is 6. The summed E-state index contributed by atoms with van der Waals surface area (Å²) in [5.41, 5.74) is 0.687. The lowest BCUT2D eigenvalue weighted by molar-refractivity contribution is -0.118. The summed E-state index contributed by atoms with van der Waals surface area (Å²) in [5.74, 6) is 0.491. The molecule has 1 aromatic carbocycles. The van der Waals surface area contributed by atoms with Gasteiger partial charge in [-0.15, -0.1) is 5.10 Å². The van der Waals surface area contributed by atoms with Crippen LogP contribution in [0.25, 0.3) is 5.69 Å². The second kappa shape index (κ2) is 7.73. The molecule has 0 aliphatic heterocycles. The summed E-state index contributed by atoms with van der Waals surface area (Å²) >= 11 is 7.88. The molecule has 0 spiro atoms. The summed E-state index contributed by atoms with van der Waals surface area (Å²) in [7, 11) is 0. The molecule has 0 radical (unpaired) electrons. The van der Waals surface area contributed by atoms with Crippen LogP contribution in [0.5, 0.6) is 0 Å². The van der Waals surface area contributed by atoms with Gasteiger partial charge in [0.15, 0.2) is 8.29 Å². The van der Waals surface area contributed by atoms with E-state index in [2.05, 4.69) is 10.4 Å². The van der Waals surface area contributed by atoms with E-state index in [0.29, 0.717) is 26.3 Å². The summed E-state index contributed by atoms with van der Waals surface area (Å²) in [4.78, 5) is 11.8. The molecule has 0 aliphatic carbocycles. The van der Waals surface area contributed by atoms with Crippen LogP contribution in [0.2, 0.25) is 0 Å². The van der Waals surface area contributed by atoms with Crippen LogP contribution in [0, 0.1) is 9.77 Å². The van der Waals surface area contributed by atoms with Crippen LogP contribution in [-0.4, -0.2) is 21.4 Å². The number of carbonyl (C=O) groups excluding carboxylic acids is 1. The molecular formula is C15H12FN3O2S3. The second-order valence-corrected chi connectivity index (χ2v) is 7.51. The highest BCUT2D eigenvalue weighted by Crippen LogP contribution is 2.24. The monoisotopic (exact) mass is 381 g/mol. The third-order valence-corrected chi connectivity index (χ3v) is 5.33.